The summed E-state index contributed by atoms with van der Waals surface area (Å²) in [5.74, 6) is 1.27. The van der Waals surface area contributed by atoms with Crippen molar-refractivity contribution in [3.05, 3.63) is 5.92 Å². The van der Waals surface area contributed by atoms with E-state index in [1.165, 1.54) is 5.92 Å². The molecule has 2 nitrogen and oxygen atoms in total. The van der Waals surface area contributed by atoms with E-state index in [2.05, 4.69) is 0 Å². The summed E-state index contributed by atoms with van der Waals surface area (Å²) in [5.41, 5.74) is 0. The molecule has 0 spiro atoms. The van der Waals surface area contributed by atoms with E-state index < -0.39 is 0 Å². The van der Waals surface area contributed by atoms with Gasteiger partial charge in [0, 0.05) is 13.2 Å². The Morgan fingerprint density at radius 3 is 2.22 bits per heavy atom. The van der Waals surface area contributed by atoms with Gasteiger partial charge < -0.3 is 10.2 Å². The molecule has 0 aliphatic rings. The Labute approximate surface area is 56.5 Å². The molecule has 0 fully saturated rings. The van der Waals surface area contributed by atoms with Crippen molar-refractivity contribution in [1.82, 2.24) is 0 Å². The molecule has 0 amide bonds. The molecule has 0 saturated heterocycles. The first-order chi connectivity index (χ1) is 4.31. The largest absolute Gasteiger partial charge is 0.396 e. The van der Waals surface area contributed by atoms with Crippen LogP contribution in [0.5, 0.6) is 0 Å². The summed E-state index contributed by atoms with van der Waals surface area (Å²) in [4.78, 5) is 0. The summed E-state index contributed by atoms with van der Waals surface area (Å²) in [7, 11) is 0. The number of aliphatic hydroxyl groups is 2. The summed E-state index contributed by atoms with van der Waals surface area (Å²) in [6, 6.07) is 0. The smallest absolute Gasteiger partial charge is 0.0436 e. The van der Waals surface area contributed by atoms with Crippen LogP contribution in [0.15, 0.2) is 0 Å². The maximum absolute atomic E-state index is 8.45. The highest BCUT2D eigenvalue weighted by atomic mass is 16.3. The summed E-state index contributed by atoms with van der Waals surface area (Å²) in [6.45, 7) is 2.49. The third-order valence-corrected chi connectivity index (χ3v) is 1.30. The predicted molar refractivity (Wildman–Crippen MR) is 36.9 cm³/mol. The molecule has 0 aromatic carbocycles. The molecule has 0 heterocycles. The fourth-order valence-corrected chi connectivity index (χ4v) is 0.697. The highest BCUT2D eigenvalue weighted by molar-refractivity contribution is 4.82. The zero-order valence-corrected chi connectivity index (χ0v) is 5.93. The van der Waals surface area contributed by atoms with Gasteiger partial charge in [-0.25, -0.2) is 0 Å². The second kappa shape index (κ2) is 6.05. The van der Waals surface area contributed by atoms with E-state index in [-0.39, 0.29) is 13.2 Å². The quantitative estimate of drug-likeness (QED) is 0.577. The SMILES string of the molecule is C[C](CCO)CCCO. The van der Waals surface area contributed by atoms with E-state index in [1.54, 1.807) is 0 Å². The molecule has 0 aromatic heterocycles. The average molecular weight is 131 g/mol. The summed E-state index contributed by atoms with van der Waals surface area (Å²) in [5, 5.41) is 16.9. The first-order valence-electron chi connectivity index (χ1n) is 3.34. The molecule has 0 bridgehead atoms. The lowest BCUT2D eigenvalue weighted by Crippen LogP contribution is -1.96. The van der Waals surface area contributed by atoms with Gasteiger partial charge in [0.1, 0.15) is 0 Å². The van der Waals surface area contributed by atoms with Crippen molar-refractivity contribution >= 4 is 0 Å². The van der Waals surface area contributed by atoms with Crippen molar-refractivity contribution in [2.75, 3.05) is 13.2 Å². The van der Waals surface area contributed by atoms with Crippen LogP contribution in [0, 0.1) is 5.92 Å². The van der Waals surface area contributed by atoms with Crippen LogP contribution in [-0.2, 0) is 0 Å². The minimum Gasteiger partial charge on any atom is -0.396 e. The average Bonchev–Trinajstić information content (AvgIpc) is 1.85. The molecule has 9 heavy (non-hydrogen) atoms. The maximum Gasteiger partial charge on any atom is 0.0436 e. The van der Waals surface area contributed by atoms with E-state index in [9.17, 15) is 0 Å². The Morgan fingerprint density at radius 2 is 1.78 bits per heavy atom. The van der Waals surface area contributed by atoms with Crippen LogP contribution >= 0.6 is 0 Å². The molecule has 1 radical (unpaired) electrons. The standard InChI is InChI=1S/C7H15O2/c1-7(4-6-9)3-2-5-8/h8-9H,2-6H2,1H3. The van der Waals surface area contributed by atoms with E-state index in [4.69, 9.17) is 10.2 Å². The first-order valence-corrected chi connectivity index (χ1v) is 3.34. The van der Waals surface area contributed by atoms with Crippen molar-refractivity contribution < 1.29 is 10.2 Å². The fraction of sp³-hybridized carbons (Fsp3) is 0.857. The Balaban J connectivity index is 2.95. The van der Waals surface area contributed by atoms with Gasteiger partial charge in [0.05, 0.1) is 0 Å². The van der Waals surface area contributed by atoms with Gasteiger partial charge in [0.25, 0.3) is 0 Å². The van der Waals surface area contributed by atoms with Gasteiger partial charge in [0.15, 0.2) is 0 Å². The van der Waals surface area contributed by atoms with Crippen molar-refractivity contribution in [2.24, 2.45) is 0 Å². The Kier molecular flexibility index (Phi) is 5.99. The Morgan fingerprint density at radius 1 is 1.11 bits per heavy atom. The number of aliphatic hydroxyl groups excluding tert-OH is 2. The first kappa shape index (κ1) is 8.92. The van der Waals surface area contributed by atoms with Crippen molar-refractivity contribution in [2.45, 2.75) is 26.2 Å². The molecule has 0 rings (SSSR count). The summed E-state index contributed by atoms with van der Waals surface area (Å²) >= 11 is 0. The highest BCUT2D eigenvalue weighted by Crippen LogP contribution is 2.10. The Hall–Kier alpha value is -0.0800. The zero-order chi connectivity index (χ0) is 7.11. The monoisotopic (exact) mass is 131 g/mol. The van der Waals surface area contributed by atoms with Crippen molar-refractivity contribution in [3.63, 3.8) is 0 Å². The molecule has 55 valence electrons. The van der Waals surface area contributed by atoms with Gasteiger partial charge in [-0.1, -0.05) is 6.92 Å². The minimum absolute atomic E-state index is 0.233. The van der Waals surface area contributed by atoms with Crippen LogP contribution in [0.3, 0.4) is 0 Å². The predicted octanol–water partition coefficient (Wildman–Crippen LogP) is 0.736. The van der Waals surface area contributed by atoms with Crippen molar-refractivity contribution in [1.29, 1.82) is 0 Å². The van der Waals surface area contributed by atoms with E-state index >= 15 is 0 Å². The maximum atomic E-state index is 8.45. The molecule has 0 unspecified atom stereocenters. The van der Waals surface area contributed by atoms with Crippen LogP contribution in [0.25, 0.3) is 0 Å². The van der Waals surface area contributed by atoms with Crippen LogP contribution in [-0.4, -0.2) is 23.4 Å². The summed E-state index contributed by atoms with van der Waals surface area (Å²) in [6.07, 6.45) is 2.54. The van der Waals surface area contributed by atoms with E-state index in [1.807, 2.05) is 6.92 Å². The molecule has 0 atom stereocenters. The topological polar surface area (TPSA) is 40.5 Å². The fourth-order valence-electron chi connectivity index (χ4n) is 0.697. The zero-order valence-electron chi connectivity index (χ0n) is 5.93. The van der Waals surface area contributed by atoms with Crippen LogP contribution in [0.2, 0.25) is 0 Å². The van der Waals surface area contributed by atoms with Gasteiger partial charge in [-0.15, -0.1) is 0 Å². The molecular weight excluding hydrogens is 116 g/mol. The highest BCUT2D eigenvalue weighted by Gasteiger charge is 1.99. The van der Waals surface area contributed by atoms with Crippen LogP contribution in [0.1, 0.15) is 26.2 Å². The van der Waals surface area contributed by atoms with Crippen LogP contribution < -0.4 is 0 Å². The molecular formula is C7H15O2. The molecule has 2 heteroatoms. The van der Waals surface area contributed by atoms with Crippen molar-refractivity contribution in [3.8, 4) is 0 Å². The van der Waals surface area contributed by atoms with Gasteiger partial charge >= 0.3 is 0 Å². The third kappa shape index (κ3) is 5.80. The second-order valence-corrected chi connectivity index (χ2v) is 2.26. The normalized spacial score (nSPS) is 10.7. The van der Waals surface area contributed by atoms with E-state index in [0.717, 1.165) is 19.3 Å². The van der Waals surface area contributed by atoms with Gasteiger partial charge in [-0.3, -0.25) is 0 Å². The van der Waals surface area contributed by atoms with E-state index in [0.29, 0.717) is 0 Å². The summed E-state index contributed by atoms with van der Waals surface area (Å²) < 4.78 is 0. The molecule has 0 saturated carbocycles. The third-order valence-electron chi connectivity index (χ3n) is 1.30. The lowest BCUT2D eigenvalue weighted by Gasteiger charge is -2.05. The number of hydrogen-bond donors (Lipinski definition) is 2. The van der Waals surface area contributed by atoms with Gasteiger partial charge in [-0.05, 0) is 25.2 Å². The minimum atomic E-state index is 0.233. The Bertz CT molecular complexity index is 54.9. The molecule has 0 aliphatic carbocycles. The lowest BCUT2D eigenvalue weighted by atomic mass is 10.0. The molecule has 2 N–H and O–H groups in total. The molecule has 0 aliphatic heterocycles. The number of hydrogen-bond acceptors (Lipinski definition) is 2. The molecule has 0 aromatic rings. The lowest BCUT2D eigenvalue weighted by molar-refractivity contribution is 0.273. The number of rotatable bonds is 5. The van der Waals surface area contributed by atoms with Gasteiger partial charge in [-0.2, -0.15) is 0 Å². The van der Waals surface area contributed by atoms with Gasteiger partial charge in [0.2, 0.25) is 0 Å². The second-order valence-electron chi connectivity index (χ2n) is 2.26. The van der Waals surface area contributed by atoms with Crippen LogP contribution in [0.4, 0.5) is 0 Å².